The zero-order chi connectivity index (χ0) is 10.6. The van der Waals surface area contributed by atoms with E-state index in [1.807, 2.05) is 13.8 Å². The number of rotatable bonds is 4. The monoisotopic (exact) mass is 200 g/mol. The molecule has 0 saturated carbocycles. The molecule has 0 radical (unpaired) electrons. The van der Waals surface area contributed by atoms with Crippen LogP contribution in [0.25, 0.3) is 0 Å². The van der Waals surface area contributed by atoms with Gasteiger partial charge in [-0.2, -0.15) is 0 Å². The summed E-state index contributed by atoms with van der Waals surface area (Å²) in [5, 5.41) is 0. The lowest BCUT2D eigenvalue weighted by Crippen LogP contribution is -2.46. The summed E-state index contributed by atoms with van der Waals surface area (Å²) < 4.78 is 9.54. The lowest BCUT2D eigenvalue weighted by Gasteiger charge is -2.31. The van der Waals surface area contributed by atoms with E-state index in [-0.39, 0.29) is 6.79 Å². The normalized spacial score (nSPS) is 20.1. The zero-order valence-electron chi connectivity index (χ0n) is 8.67. The van der Waals surface area contributed by atoms with E-state index in [4.69, 9.17) is 9.47 Å². The van der Waals surface area contributed by atoms with Crippen LogP contribution >= 0.6 is 0 Å². The van der Waals surface area contributed by atoms with Crippen molar-refractivity contribution in [2.24, 2.45) is 5.41 Å². The molecule has 4 heteroatoms. The molecule has 0 atom stereocenters. The van der Waals surface area contributed by atoms with Gasteiger partial charge in [-0.1, -0.05) is 26.7 Å². The Labute approximate surface area is 83.6 Å². The molecule has 0 bridgehead atoms. The third-order valence-electron chi connectivity index (χ3n) is 2.72. The van der Waals surface area contributed by atoms with Gasteiger partial charge in [0.15, 0.2) is 5.41 Å². The van der Waals surface area contributed by atoms with E-state index in [2.05, 4.69) is 0 Å². The molecule has 0 unspecified atom stereocenters. The topological polar surface area (TPSA) is 52.6 Å². The number of carbonyl (C=O) groups excluding carboxylic acids is 2. The fraction of sp³-hybridized carbons (Fsp3) is 0.800. The maximum absolute atomic E-state index is 11.5. The minimum absolute atomic E-state index is 0.231. The van der Waals surface area contributed by atoms with Crippen LogP contribution in [0.15, 0.2) is 0 Å². The van der Waals surface area contributed by atoms with Crippen molar-refractivity contribution in [2.75, 3.05) is 6.79 Å². The molecule has 0 aliphatic carbocycles. The number of ether oxygens (including phenoxy) is 2. The first-order chi connectivity index (χ1) is 6.67. The molecule has 1 fully saturated rings. The molecule has 0 spiro atoms. The van der Waals surface area contributed by atoms with E-state index in [0.29, 0.717) is 12.8 Å². The molecule has 4 nitrogen and oxygen atoms in total. The molecule has 1 rings (SSSR count). The van der Waals surface area contributed by atoms with E-state index in [1.54, 1.807) is 0 Å². The van der Waals surface area contributed by atoms with Crippen LogP contribution in [0, 0.1) is 5.41 Å². The summed E-state index contributed by atoms with van der Waals surface area (Å²) in [7, 11) is 0. The van der Waals surface area contributed by atoms with Crippen LogP contribution in [0.3, 0.4) is 0 Å². The number of unbranched alkanes of at least 4 members (excludes halogenated alkanes) is 1. The van der Waals surface area contributed by atoms with Crippen molar-refractivity contribution in [2.45, 2.75) is 39.5 Å². The lowest BCUT2D eigenvalue weighted by atomic mass is 9.80. The Hall–Kier alpha value is -1.06. The third-order valence-corrected chi connectivity index (χ3v) is 2.72. The Bertz CT molecular complexity index is 218. The Kier molecular flexibility index (Phi) is 3.49. The van der Waals surface area contributed by atoms with Crippen LogP contribution in [-0.4, -0.2) is 18.7 Å². The van der Waals surface area contributed by atoms with E-state index in [9.17, 15) is 9.59 Å². The van der Waals surface area contributed by atoms with Gasteiger partial charge in [-0.15, -0.1) is 0 Å². The Morgan fingerprint density at radius 3 is 2.21 bits per heavy atom. The highest BCUT2D eigenvalue weighted by Crippen LogP contribution is 2.34. The molecule has 1 heterocycles. The molecular weight excluding hydrogens is 184 g/mol. The van der Waals surface area contributed by atoms with Crippen LogP contribution in [0.4, 0.5) is 0 Å². The van der Waals surface area contributed by atoms with Crippen molar-refractivity contribution >= 4 is 11.9 Å². The van der Waals surface area contributed by atoms with Crippen LogP contribution in [0.1, 0.15) is 39.5 Å². The van der Waals surface area contributed by atoms with Gasteiger partial charge in [0.25, 0.3) is 0 Å². The quantitative estimate of drug-likeness (QED) is 0.511. The maximum Gasteiger partial charge on any atom is 0.326 e. The summed E-state index contributed by atoms with van der Waals surface area (Å²) in [6.07, 6.45) is 2.75. The second-order valence-corrected chi connectivity index (χ2v) is 3.52. The molecule has 1 saturated heterocycles. The summed E-state index contributed by atoms with van der Waals surface area (Å²) in [6, 6.07) is 0. The van der Waals surface area contributed by atoms with Crippen molar-refractivity contribution in [3.63, 3.8) is 0 Å². The predicted octanol–water partition coefficient (Wildman–Crippen LogP) is 1.63. The van der Waals surface area contributed by atoms with Crippen molar-refractivity contribution in [1.82, 2.24) is 0 Å². The molecule has 0 aromatic carbocycles. The first-order valence-corrected chi connectivity index (χ1v) is 5.02. The largest absolute Gasteiger partial charge is 0.427 e. The van der Waals surface area contributed by atoms with Gasteiger partial charge in [-0.05, 0) is 12.8 Å². The number of hydrogen-bond donors (Lipinski definition) is 0. The Morgan fingerprint density at radius 2 is 1.79 bits per heavy atom. The number of carbonyl (C=O) groups is 2. The summed E-state index contributed by atoms with van der Waals surface area (Å²) >= 11 is 0. The van der Waals surface area contributed by atoms with Crippen molar-refractivity contribution in [3.05, 3.63) is 0 Å². The van der Waals surface area contributed by atoms with Gasteiger partial charge in [0.2, 0.25) is 6.79 Å². The molecule has 0 N–H and O–H groups in total. The third kappa shape index (κ3) is 1.74. The van der Waals surface area contributed by atoms with Crippen LogP contribution in [0.5, 0.6) is 0 Å². The lowest BCUT2D eigenvalue weighted by molar-refractivity contribution is -0.203. The number of cyclic esters (lactones) is 2. The van der Waals surface area contributed by atoms with Gasteiger partial charge >= 0.3 is 11.9 Å². The average molecular weight is 200 g/mol. The minimum Gasteiger partial charge on any atom is -0.427 e. The highest BCUT2D eigenvalue weighted by Gasteiger charge is 2.49. The number of esters is 2. The maximum atomic E-state index is 11.5. The summed E-state index contributed by atoms with van der Waals surface area (Å²) in [5.74, 6) is -0.852. The molecule has 0 aromatic rings. The van der Waals surface area contributed by atoms with Gasteiger partial charge in [0.1, 0.15) is 0 Å². The summed E-state index contributed by atoms with van der Waals surface area (Å²) in [5.41, 5.74) is -1.03. The Morgan fingerprint density at radius 1 is 1.21 bits per heavy atom. The molecular formula is C10H16O4. The number of hydrogen-bond acceptors (Lipinski definition) is 4. The fourth-order valence-electron chi connectivity index (χ4n) is 1.64. The van der Waals surface area contributed by atoms with Gasteiger partial charge in [-0.25, -0.2) is 0 Å². The highest BCUT2D eigenvalue weighted by molar-refractivity contribution is 6.01. The second kappa shape index (κ2) is 4.44. The standard InChI is InChI=1S/C10H16O4/c1-3-5-6-10(4-2)8(11)13-7-14-9(10)12/h3-7H2,1-2H3. The van der Waals surface area contributed by atoms with Gasteiger partial charge in [-0.3, -0.25) is 9.59 Å². The molecule has 0 aromatic heterocycles. The smallest absolute Gasteiger partial charge is 0.326 e. The van der Waals surface area contributed by atoms with Crippen LogP contribution < -0.4 is 0 Å². The van der Waals surface area contributed by atoms with Gasteiger partial charge < -0.3 is 9.47 Å². The van der Waals surface area contributed by atoms with Gasteiger partial charge in [0, 0.05) is 0 Å². The second-order valence-electron chi connectivity index (χ2n) is 3.52. The average Bonchev–Trinajstić information content (AvgIpc) is 2.18. The molecule has 80 valence electrons. The molecule has 1 aliphatic heterocycles. The first kappa shape index (κ1) is 11.0. The summed E-state index contributed by atoms with van der Waals surface area (Å²) in [6.45, 7) is 3.60. The highest BCUT2D eigenvalue weighted by atomic mass is 16.7. The van der Waals surface area contributed by atoms with Gasteiger partial charge in [0.05, 0.1) is 0 Å². The SMILES string of the molecule is CCCCC1(CC)C(=O)OCOC1=O. The first-order valence-electron chi connectivity index (χ1n) is 5.02. The van der Waals surface area contributed by atoms with Crippen molar-refractivity contribution in [3.8, 4) is 0 Å². The van der Waals surface area contributed by atoms with Crippen LogP contribution in [-0.2, 0) is 19.1 Å². The molecule has 1 aliphatic rings. The minimum atomic E-state index is -1.03. The van der Waals surface area contributed by atoms with E-state index in [0.717, 1.165) is 12.8 Å². The van der Waals surface area contributed by atoms with E-state index in [1.165, 1.54) is 0 Å². The van der Waals surface area contributed by atoms with E-state index < -0.39 is 17.4 Å². The van der Waals surface area contributed by atoms with E-state index >= 15 is 0 Å². The Balaban J connectivity index is 2.80. The zero-order valence-corrected chi connectivity index (χ0v) is 8.67. The molecule has 0 amide bonds. The molecule has 14 heavy (non-hydrogen) atoms. The van der Waals surface area contributed by atoms with Crippen molar-refractivity contribution < 1.29 is 19.1 Å². The van der Waals surface area contributed by atoms with Crippen molar-refractivity contribution in [1.29, 1.82) is 0 Å². The van der Waals surface area contributed by atoms with Crippen LogP contribution in [0.2, 0.25) is 0 Å². The summed E-state index contributed by atoms with van der Waals surface area (Å²) in [4.78, 5) is 23.1. The fourth-order valence-corrected chi connectivity index (χ4v) is 1.64. The predicted molar refractivity (Wildman–Crippen MR) is 49.3 cm³/mol.